The molecule has 2 rings (SSSR count). The second kappa shape index (κ2) is 7.94. The van der Waals surface area contributed by atoms with E-state index in [2.05, 4.69) is 4.98 Å². The van der Waals surface area contributed by atoms with Gasteiger partial charge in [0.25, 0.3) is 11.6 Å². The smallest absolute Gasteiger partial charge is 0.307 e. The van der Waals surface area contributed by atoms with Gasteiger partial charge in [-0.25, -0.2) is 9.37 Å². The maximum absolute atomic E-state index is 14.6. The number of rotatable bonds is 8. The van der Waals surface area contributed by atoms with Crippen molar-refractivity contribution < 1.29 is 22.9 Å². The molecule has 1 aromatic carbocycles. The van der Waals surface area contributed by atoms with Gasteiger partial charge in [0.15, 0.2) is 0 Å². The fourth-order valence-corrected chi connectivity index (χ4v) is 4.59. The fourth-order valence-electron chi connectivity index (χ4n) is 1.95. The van der Waals surface area contributed by atoms with E-state index >= 15 is 0 Å². The minimum atomic E-state index is -3.94. The summed E-state index contributed by atoms with van der Waals surface area (Å²) >= 11 is 0.989. The topological polar surface area (TPSA) is 91.6 Å². The van der Waals surface area contributed by atoms with Gasteiger partial charge in [-0.15, -0.1) is 11.3 Å². The molecule has 0 bridgehead atoms. The SMILES string of the molecule is CCOP(=O)(OCC)C(F)c1nc(-c2ccc([N+](=O)[O-])cc2)cs1. The molecule has 1 atom stereocenters. The van der Waals surface area contributed by atoms with Crippen LogP contribution in [-0.2, 0) is 13.6 Å². The first-order chi connectivity index (χ1) is 11.4. The van der Waals surface area contributed by atoms with Crippen LogP contribution in [0.2, 0.25) is 0 Å². The summed E-state index contributed by atoms with van der Waals surface area (Å²) in [6.45, 7) is 3.31. The van der Waals surface area contributed by atoms with Crippen LogP contribution < -0.4 is 0 Å². The highest BCUT2D eigenvalue weighted by Gasteiger charge is 2.39. The van der Waals surface area contributed by atoms with Crippen LogP contribution in [0.1, 0.15) is 24.8 Å². The van der Waals surface area contributed by atoms with E-state index in [0.29, 0.717) is 11.3 Å². The number of benzene rings is 1. The average Bonchev–Trinajstić information content (AvgIpc) is 3.04. The van der Waals surface area contributed by atoms with Crippen LogP contribution in [0.4, 0.5) is 10.1 Å². The fraction of sp³-hybridized carbons (Fsp3) is 0.357. The molecule has 10 heteroatoms. The van der Waals surface area contributed by atoms with Crippen molar-refractivity contribution in [1.82, 2.24) is 4.98 Å². The molecule has 0 aliphatic heterocycles. The van der Waals surface area contributed by atoms with Crippen molar-refractivity contribution in [3.8, 4) is 11.3 Å². The Morgan fingerprint density at radius 3 is 2.38 bits per heavy atom. The van der Waals surface area contributed by atoms with Gasteiger partial charge in [0, 0.05) is 23.1 Å². The summed E-state index contributed by atoms with van der Waals surface area (Å²) in [5.74, 6) is -1.98. The molecular formula is C14H16FN2O5PS. The molecule has 0 amide bonds. The molecule has 0 N–H and O–H groups in total. The molecule has 0 aliphatic rings. The lowest BCUT2D eigenvalue weighted by Crippen LogP contribution is -2.02. The summed E-state index contributed by atoms with van der Waals surface area (Å²) in [5.41, 5.74) is 0.986. The van der Waals surface area contributed by atoms with E-state index in [9.17, 15) is 19.1 Å². The van der Waals surface area contributed by atoms with Crippen LogP contribution in [0.25, 0.3) is 11.3 Å². The van der Waals surface area contributed by atoms with Crippen LogP contribution >= 0.6 is 18.9 Å². The standard InChI is InChI=1S/C14H16FN2O5PS/c1-3-21-23(20,22-4-2)13(15)14-16-12(9-24-14)10-5-7-11(8-6-10)17(18)19/h5-9,13H,3-4H2,1-2H3. The molecule has 0 fully saturated rings. The molecule has 0 saturated heterocycles. The van der Waals surface area contributed by atoms with Crippen molar-refractivity contribution >= 4 is 24.6 Å². The number of non-ortho nitro benzene ring substituents is 1. The third-order valence-corrected chi connectivity index (χ3v) is 6.09. The van der Waals surface area contributed by atoms with Crippen molar-refractivity contribution in [2.75, 3.05) is 13.2 Å². The Hall–Kier alpha value is -1.67. The van der Waals surface area contributed by atoms with E-state index < -0.39 is 18.4 Å². The van der Waals surface area contributed by atoms with Crippen molar-refractivity contribution in [2.24, 2.45) is 0 Å². The monoisotopic (exact) mass is 374 g/mol. The molecule has 0 aliphatic carbocycles. The molecule has 0 radical (unpaired) electrons. The van der Waals surface area contributed by atoms with Gasteiger partial charge in [-0.1, -0.05) is 0 Å². The third kappa shape index (κ3) is 4.05. The molecule has 130 valence electrons. The second-order valence-electron chi connectivity index (χ2n) is 4.59. The molecule has 1 unspecified atom stereocenters. The van der Waals surface area contributed by atoms with E-state index in [4.69, 9.17) is 9.05 Å². The van der Waals surface area contributed by atoms with Crippen LogP contribution in [0.3, 0.4) is 0 Å². The lowest BCUT2D eigenvalue weighted by Gasteiger charge is -2.18. The molecule has 1 heterocycles. The highest BCUT2D eigenvalue weighted by atomic mass is 32.1. The van der Waals surface area contributed by atoms with Gasteiger partial charge in [0.2, 0.25) is 0 Å². The Morgan fingerprint density at radius 1 is 1.29 bits per heavy atom. The van der Waals surface area contributed by atoms with Crippen molar-refractivity contribution in [2.45, 2.75) is 19.8 Å². The number of nitro benzene ring substituents is 1. The Bertz CT molecular complexity index is 742. The quantitative estimate of drug-likeness (QED) is 0.369. The number of hydrogen-bond acceptors (Lipinski definition) is 7. The Morgan fingerprint density at radius 2 is 1.88 bits per heavy atom. The summed E-state index contributed by atoms with van der Waals surface area (Å²) in [6, 6.07) is 5.73. The molecule has 0 spiro atoms. The lowest BCUT2D eigenvalue weighted by molar-refractivity contribution is -0.384. The van der Waals surface area contributed by atoms with E-state index in [1.54, 1.807) is 19.2 Å². The number of thiazole rings is 1. The molecule has 2 aromatic rings. The van der Waals surface area contributed by atoms with E-state index in [0.717, 1.165) is 11.3 Å². The van der Waals surface area contributed by atoms with E-state index in [-0.39, 0.29) is 23.9 Å². The molecule has 24 heavy (non-hydrogen) atoms. The number of nitrogens with zero attached hydrogens (tertiary/aromatic N) is 2. The number of aromatic nitrogens is 1. The highest BCUT2D eigenvalue weighted by Crippen LogP contribution is 2.62. The van der Waals surface area contributed by atoms with Crippen LogP contribution in [-0.4, -0.2) is 23.1 Å². The van der Waals surface area contributed by atoms with Gasteiger partial charge in [0.1, 0.15) is 5.01 Å². The number of alkyl halides is 1. The van der Waals surface area contributed by atoms with Crippen molar-refractivity contribution in [3.05, 3.63) is 44.8 Å². The summed E-state index contributed by atoms with van der Waals surface area (Å²) in [6.07, 6.45) is 0. The predicted molar refractivity (Wildman–Crippen MR) is 88.9 cm³/mol. The first kappa shape index (κ1) is 18.7. The number of hydrogen-bond donors (Lipinski definition) is 0. The Kier molecular flexibility index (Phi) is 6.17. The minimum absolute atomic E-state index is 0.0198. The van der Waals surface area contributed by atoms with Gasteiger partial charge >= 0.3 is 7.60 Å². The first-order valence-corrected chi connectivity index (χ1v) is 9.63. The van der Waals surface area contributed by atoms with Crippen molar-refractivity contribution in [3.63, 3.8) is 0 Å². The molecule has 1 aromatic heterocycles. The molecular weight excluding hydrogens is 358 g/mol. The second-order valence-corrected chi connectivity index (χ2v) is 7.53. The van der Waals surface area contributed by atoms with Gasteiger partial charge in [-0.2, -0.15) is 0 Å². The maximum atomic E-state index is 14.6. The first-order valence-electron chi connectivity index (χ1n) is 7.14. The summed E-state index contributed by atoms with van der Waals surface area (Å²) < 4.78 is 37.0. The average molecular weight is 374 g/mol. The van der Waals surface area contributed by atoms with Crippen molar-refractivity contribution in [1.29, 1.82) is 0 Å². The Labute approximate surface area is 142 Å². The van der Waals surface area contributed by atoms with Crippen LogP contribution in [0.15, 0.2) is 29.6 Å². The van der Waals surface area contributed by atoms with Crippen LogP contribution in [0, 0.1) is 10.1 Å². The summed E-state index contributed by atoms with van der Waals surface area (Å²) in [4.78, 5) is 14.3. The maximum Gasteiger partial charge on any atom is 0.371 e. The summed E-state index contributed by atoms with van der Waals surface area (Å²) in [7, 11) is -3.94. The van der Waals surface area contributed by atoms with E-state index in [1.807, 2.05) is 0 Å². The summed E-state index contributed by atoms with van der Waals surface area (Å²) in [5, 5.41) is 12.2. The Balaban J connectivity index is 2.25. The minimum Gasteiger partial charge on any atom is -0.307 e. The zero-order chi connectivity index (χ0) is 17.7. The van der Waals surface area contributed by atoms with E-state index in [1.165, 1.54) is 24.3 Å². The molecule has 7 nitrogen and oxygen atoms in total. The predicted octanol–water partition coefficient (Wildman–Crippen LogP) is 4.95. The van der Waals surface area contributed by atoms with Gasteiger partial charge in [-0.3, -0.25) is 14.7 Å². The highest BCUT2D eigenvalue weighted by molar-refractivity contribution is 7.54. The lowest BCUT2D eigenvalue weighted by atomic mass is 10.1. The largest absolute Gasteiger partial charge is 0.371 e. The van der Waals surface area contributed by atoms with Gasteiger partial charge < -0.3 is 9.05 Å². The number of halogens is 1. The van der Waals surface area contributed by atoms with Crippen LogP contribution in [0.5, 0.6) is 0 Å². The normalized spacial score (nSPS) is 13.0. The zero-order valence-corrected chi connectivity index (χ0v) is 14.8. The molecule has 0 saturated carbocycles. The van der Waals surface area contributed by atoms with Gasteiger partial charge in [-0.05, 0) is 26.0 Å². The zero-order valence-electron chi connectivity index (χ0n) is 13.0. The number of nitro groups is 1. The van der Waals surface area contributed by atoms with Gasteiger partial charge in [0.05, 0.1) is 23.8 Å². The third-order valence-electron chi connectivity index (χ3n) is 3.00.